The van der Waals surface area contributed by atoms with Crippen LogP contribution in [-0.2, 0) is 4.79 Å². The molecule has 0 aromatic heterocycles. The molecule has 0 unspecified atom stereocenters. The van der Waals surface area contributed by atoms with Crippen LogP contribution in [0.2, 0.25) is 0 Å². The number of nitrogens with zero attached hydrogens (tertiary/aromatic N) is 3. The van der Waals surface area contributed by atoms with Gasteiger partial charge in [-0.25, -0.2) is 0 Å². The first-order valence-electron chi connectivity index (χ1n) is 8.17. The molecule has 1 aliphatic rings. The Labute approximate surface area is 138 Å². The summed E-state index contributed by atoms with van der Waals surface area (Å²) in [6, 6.07) is 12.5. The summed E-state index contributed by atoms with van der Waals surface area (Å²) in [5.74, 6) is -0.199. The van der Waals surface area contributed by atoms with Gasteiger partial charge in [-0.3, -0.25) is 9.69 Å². The molecule has 1 aromatic rings. The Kier molecular flexibility index (Phi) is 5.62. The lowest BCUT2D eigenvalue weighted by molar-refractivity contribution is -0.127. The fraction of sp³-hybridized carbons (Fsp3) is 0.556. The standard InChI is InChI=1S/C18H26N4O/c1-15(20-17(23)18(2,3)14-19)13-21-9-11-22(12-10-21)16-7-5-4-6-8-16/h4-8,15H,9-13H2,1-3H3,(H,20,23)/t15-/m0/s1. The summed E-state index contributed by atoms with van der Waals surface area (Å²) in [6.07, 6.45) is 0. The van der Waals surface area contributed by atoms with Crippen molar-refractivity contribution in [3.05, 3.63) is 30.3 Å². The highest BCUT2D eigenvalue weighted by molar-refractivity contribution is 5.84. The van der Waals surface area contributed by atoms with E-state index in [4.69, 9.17) is 5.26 Å². The molecule has 0 spiro atoms. The van der Waals surface area contributed by atoms with E-state index in [-0.39, 0.29) is 11.9 Å². The van der Waals surface area contributed by atoms with Crippen molar-refractivity contribution in [1.82, 2.24) is 10.2 Å². The number of rotatable bonds is 5. The van der Waals surface area contributed by atoms with Gasteiger partial charge in [0, 0.05) is 44.5 Å². The molecule has 1 aromatic carbocycles. The van der Waals surface area contributed by atoms with E-state index >= 15 is 0 Å². The predicted molar refractivity (Wildman–Crippen MR) is 92.1 cm³/mol. The zero-order valence-electron chi connectivity index (χ0n) is 14.2. The van der Waals surface area contributed by atoms with E-state index < -0.39 is 5.41 Å². The maximum atomic E-state index is 12.0. The van der Waals surface area contributed by atoms with E-state index in [0.29, 0.717) is 0 Å². The van der Waals surface area contributed by atoms with Gasteiger partial charge in [0.2, 0.25) is 5.91 Å². The van der Waals surface area contributed by atoms with Gasteiger partial charge in [-0.1, -0.05) is 18.2 Å². The van der Waals surface area contributed by atoms with E-state index in [2.05, 4.69) is 39.4 Å². The number of piperazine rings is 1. The minimum absolute atomic E-state index is 0.0402. The third kappa shape index (κ3) is 4.70. The lowest BCUT2D eigenvalue weighted by Gasteiger charge is -2.37. The monoisotopic (exact) mass is 314 g/mol. The van der Waals surface area contributed by atoms with E-state index in [1.807, 2.05) is 19.1 Å². The fourth-order valence-electron chi connectivity index (χ4n) is 2.72. The van der Waals surface area contributed by atoms with Crippen LogP contribution in [0.25, 0.3) is 0 Å². The van der Waals surface area contributed by atoms with E-state index in [9.17, 15) is 4.79 Å². The molecule has 1 atom stereocenters. The fourth-order valence-corrected chi connectivity index (χ4v) is 2.72. The molecule has 2 rings (SSSR count). The Morgan fingerprint density at radius 2 is 1.87 bits per heavy atom. The molecule has 1 fully saturated rings. The maximum absolute atomic E-state index is 12.0. The topological polar surface area (TPSA) is 59.4 Å². The van der Waals surface area contributed by atoms with E-state index in [0.717, 1.165) is 32.7 Å². The SMILES string of the molecule is C[C@@H](CN1CCN(c2ccccc2)CC1)NC(=O)C(C)(C)C#N. The molecule has 1 amide bonds. The molecule has 124 valence electrons. The van der Waals surface area contributed by atoms with Crippen molar-refractivity contribution < 1.29 is 4.79 Å². The molecule has 1 heterocycles. The zero-order chi connectivity index (χ0) is 16.9. The summed E-state index contributed by atoms with van der Waals surface area (Å²) < 4.78 is 0. The summed E-state index contributed by atoms with van der Waals surface area (Å²) in [6.45, 7) is 10.1. The van der Waals surface area contributed by atoms with Crippen molar-refractivity contribution in [3.8, 4) is 6.07 Å². The Balaban J connectivity index is 1.78. The van der Waals surface area contributed by atoms with Crippen molar-refractivity contribution in [2.24, 2.45) is 5.41 Å². The molecule has 0 aliphatic carbocycles. The predicted octanol–water partition coefficient (Wildman–Crippen LogP) is 1.86. The van der Waals surface area contributed by atoms with Gasteiger partial charge < -0.3 is 10.2 Å². The Bertz CT molecular complexity index is 556. The molecular formula is C18H26N4O. The van der Waals surface area contributed by atoms with Gasteiger partial charge in [0.1, 0.15) is 5.41 Å². The molecule has 1 saturated heterocycles. The summed E-state index contributed by atoms with van der Waals surface area (Å²) in [5.41, 5.74) is 0.296. The summed E-state index contributed by atoms with van der Waals surface area (Å²) in [7, 11) is 0. The van der Waals surface area contributed by atoms with Crippen LogP contribution >= 0.6 is 0 Å². The molecule has 1 aliphatic heterocycles. The third-order valence-corrected chi connectivity index (χ3v) is 4.25. The molecule has 5 nitrogen and oxygen atoms in total. The second kappa shape index (κ2) is 7.47. The lowest BCUT2D eigenvalue weighted by Crippen LogP contribution is -2.52. The van der Waals surface area contributed by atoms with Gasteiger partial charge in [-0.05, 0) is 32.9 Å². The number of hydrogen-bond donors (Lipinski definition) is 1. The number of anilines is 1. The normalized spacial score (nSPS) is 17.4. The number of nitriles is 1. The Hall–Kier alpha value is -2.06. The maximum Gasteiger partial charge on any atom is 0.240 e. The largest absolute Gasteiger partial charge is 0.369 e. The van der Waals surface area contributed by atoms with Crippen LogP contribution in [-0.4, -0.2) is 49.6 Å². The summed E-state index contributed by atoms with van der Waals surface area (Å²) >= 11 is 0. The number of carbonyl (C=O) groups excluding carboxylic acids is 1. The van der Waals surface area contributed by atoms with Crippen molar-refractivity contribution in [3.63, 3.8) is 0 Å². The molecule has 0 radical (unpaired) electrons. The first-order valence-corrected chi connectivity index (χ1v) is 8.17. The van der Waals surface area contributed by atoms with E-state index in [1.54, 1.807) is 13.8 Å². The molecule has 5 heteroatoms. The van der Waals surface area contributed by atoms with Crippen LogP contribution in [0.5, 0.6) is 0 Å². The van der Waals surface area contributed by atoms with E-state index in [1.165, 1.54) is 5.69 Å². The zero-order valence-corrected chi connectivity index (χ0v) is 14.2. The average Bonchev–Trinajstić information content (AvgIpc) is 2.56. The first kappa shape index (κ1) is 17.3. The number of benzene rings is 1. The quantitative estimate of drug-likeness (QED) is 0.901. The summed E-state index contributed by atoms with van der Waals surface area (Å²) in [5, 5.41) is 12.0. The summed E-state index contributed by atoms with van der Waals surface area (Å²) in [4.78, 5) is 16.8. The highest BCUT2D eigenvalue weighted by Gasteiger charge is 2.28. The number of nitrogens with one attached hydrogen (secondary N) is 1. The molecular weight excluding hydrogens is 288 g/mol. The smallest absolute Gasteiger partial charge is 0.240 e. The second-order valence-electron chi connectivity index (χ2n) is 6.73. The second-order valence-corrected chi connectivity index (χ2v) is 6.73. The van der Waals surface area contributed by atoms with Crippen molar-refractivity contribution in [2.45, 2.75) is 26.8 Å². The van der Waals surface area contributed by atoms with Crippen molar-refractivity contribution >= 4 is 11.6 Å². The Morgan fingerprint density at radius 3 is 2.43 bits per heavy atom. The van der Waals surface area contributed by atoms with Gasteiger partial charge in [-0.15, -0.1) is 0 Å². The van der Waals surface area contributed by atoms with Crippen molar-refractivity contribution in [2.75, 3.05) is 37.6 Å². The lowest BCUT2D eigenvalue weighted by atomic mass is 9.94. The van der Waals surface area contributed by atoms with Crippen LogP contribution in [0.1, 0.15) is 20.8 Å². The average molecular weight is 314 g/mol. The number of para-hydroxylation sites is 1. The molecule has 1 N–H and O–H groups in total. The van der Waals surface area contributed by atoms with Gasteiger partial charge in [0.15, 0.2) is 0 Å². The van der Waals surface area contributed by atoms with Crippen molar-refractivity contribution in [1.29, 1.82) is 5.26 Å². The number of carbonyl (C=O) groups is 1. The van der Waals surface area contributed by atoms with Crippen LogP contribution in [0.4, 0.5) is 5.69 Å². The highest BCUT2D eigenvalue weighted by Crippen LogP contribution is 2.16. The molecule has 0 bridgehead atoms. The minimum Gasteiger partial charge on any atom is -0.369 e. The third-order valence-electron chi connectivity index (χ3n) is 4.25. The minimum atomic E-state index is -0.972. The number of amides is 1. The van der Waals surface area contributed by atoms with Crippen LogP contribution in [0.3, 0.4) is 0 Å². The Morgan fingerprint density at radius 1 is 1.26 bits per heavy atom. The first-order chi connectivity index (χ1) is 10.9. The highest BCUT2D eigenvalue weighted by atomic mass is 16.2. The van der Waals surface area contributed by atoms with Gasteiger partial charge in [0.05, 0.1) is 6.07 Å². The van der Waals surface area contributed by atoms with Gasteiger partial charge >= 0.3 is 0 Å². The van der Waals surface area contributed by atoms with Crippen LogP contribution in [0.15, 0.2) is 30.3 Å². The molecule has 23 heavy (non-hydrogen) atoms. The van der Waals surface area contributed by atoms with Crippen LogP contribution < -0.4 is 10.2 Å². The number of hydrogen-bond acceptors (Lipinski definition) is 4. The van der Waals surface area contributed by atoms with Gasteiger partial charge in [0.25, 0.3) is 0 Å². The van der Waals surface area contributed by atoms with Crippen LogP contribution in [0, 0.1) is 16.7 Å². The van der Waals surface area contributed by atoms with Gasteiger partial charge in [-0.2, -0.15) is 5.26 Å². The molecule has 0 saturated carbocycles.